The SMILES string of the molecule is Cc1coc(C(=O)O)c1O. The summed E-state index contributed by atoms with van der Waals surface area (Å²) in [6, 6.07) is 0. The fourth-order valence-corrected chi connectivity index (χ4v) is 0.590. The summed E-state index contributed by atoms with van der Waals surface area (Å²) in [5.41, 5.74) is 0.428. The van der Waals surface area contributed by atoms with Gasteiger partial charge in [0.15, 0.2) is 5.75 Å². The Morgan fingerprint density at radius 2 is 2.30 bits per heavy atom. The summed E-state index contributed by atoms with van der Waals surface area (Å²) in [5, 5.41) is 17.3. The van der Waals surface area contributed by atoms with Crippen LogP contribution in [0.3, 0.4) is 0 Å². The number of aromatic hydroxyl groups is 1. The molecule has 1 aromatic rings. The van der Waals surface area contributed by atoms with Crippen LogP contribution in [-0.4, -0.2) is 16.2 Å². The fraction of sp³-hybridized carbons (Fsp3) is 0.167. The minimum Gasteiger partial charge on any atom is -0.504 e. The third-order valence-corrected chi connectivity index (χ3v) is 1.14. The van der Waals surface area contributed by atoms with Gasteiger partial charge in [0, 0.05) is 5.56 Å². The summed E-state index contributed by atoms with van der Waals surface area (Å²) < 4.78 is 4.51. The van der Waals surface area contributed by atoms with Crippen LogP contribution < -0.4 is 0 Å². The molecule has 0 unspecified atom stereocenters. The van der Waals surface area contributed by atoms with Crippen LogP contribution in [0.5, 0.6) is 5.75 Å². The predicted octanol–water partition coefficient (Wildman–Crippen LogP) is 0.992. The maximum absolute atomic E-state index is 10.2. The van der Waals surface area contributed by atoms with Crippen molar-refractivity contribution in [3.8, 4) is 5.75 Å². The Morgan fingerprint density at radius 3 is 2.50 bits per heavy atom. The Balaban J connectivity index is 3.17. The highest BCUT2D eigenvalue weighted by atomic mass is 16.4. The molecule has 10 heavy (non-hydrogen) atoms. The van der Waals surface area contributed by atoms with E-state index in [-0.39, 0.29) is 5.75 Å². The van der Waals surface area contributed by atoms with Crippen LogP contribution in [0.15, 0.2) is 10.7 Å². The molecule has 4 heteroatoms. The van der Waals surface area contributed by atoms with E-state index >= 15 is 0 Å². The van der Waals surface area contributed by atoms with Gasteiger partial charge in [-0.3, -0.25) is 0 Å². The molecule has 0 aliphatic rings. The summed E-state index contributed by atoms with van der Waals surface area (Å²) in [4.78, 5) is 10.2. The minimum absolute atomic E-state index is 0.299. The number of rotatable bonds is 1. The van der Waals surface area contributed by atoms with Gasteiger partial charge in [-0.2, -0.15) is 0 Å². The molecule has 0 bridgehead atoms. The van der Waals surface area contributed by atoms with Crippen molar-refractivity contribution in [3.05, 3.63) is 17.6 Å². The molecule has 1 rings (SSSR count). The zero-order chi connectivity index (χ0) is 7.72. The van der Waals surface area contributed by atoms with Gasteiger partial charge < -0.3 is 14.6 Å². The van der Waals surface area contributed by atoms with Crippen molar-refractivity contribution in [2.24, 2.45) is 0 Å². The molecule has 2 N–H and O–H groups in total. The van der Waals surface area contributed by atoms with Gasteiger partial charge in [0.1, 0.15) is 0 Å². The average Bonchev–Trinajstić information content (AvgIpc) is 2.14. The molecular formula is C6H6O4. The number of hydrogen-bond acceptors (Lipinski definition) is 3. The second-order valence-corrected chi connectivity index (χ2v) is 1.90. The highest BCUT2D eigenvalue weighted by molar-refractivity contribution is 5.87. The Hall–Kier alpha value is -1.45. The van der Waals surface area contributed by atoms with E-state index < -0.39 is 11.7 Å². The Kier molecular flexibility index (Phi) is 1.37. The summed E-state index contributed by atoms with van der Waals surface area (Å²) in [6.45, 7) is 1.56. The molecule has 0 saturated carbocycles. The van der Waals surface area contributed by atoms with Gasteiger partial charge in [0.25, 0.3) is 5.76 Å². The van der Waals surface area contributed by atoms with Crippen LogP contribution in [-0.2, 0) is 0 Å². The minimum atomic E-state index is -1.26. The van der Waals surface area contributed by atoms with E-state index in [1.165, 1.54) is 6.26 Å². The van der Waals surface area contributed by atoms with E-state index in [0.717, 1.165) is 0 Å². The lowest BCUT2D eigenvalue weighted by molar-refractivity contribution is 0.0658. The van der Waals surface area contributed by atoms with Gasteiger partial charge in [-0.25, -0.2) is 4.79 Å². The molecule has 1 heterocycles. The lowest BCUT2D eigenvalue weighted by Crippen LogP contribution is -1.92. The quantitative estimate of drug-likeness (QED) is 0.613. The van der Waals surface area contributed by atoms with E-state index in [9.17, 15) is 4.79 Å². The van der Waals surface area contributed by atoms with Crippen molar-refractivity contribution in [2.75, 3.05) is 0 Å². The number of aryl methyl sites for hydroxylation is 1. The second kappa shape index (κ2) is 2.06. The summed E-state index contributed by atoms with van der Waals surface area (Å²) in [5.74, 6) is -1.96. The topological polar surface area (TPSA) is 70.7 Å². The number of carboxylic acid groups (broad SMARTS) is 1. The van der Waals surface area contributed by atoms with E-state index in [4.69, 9.17) is 10.2 Å². The van der Waals surface area contributed by atoms with Gasteiger partial charge in [-0.15, -0.1) is 0 Å². The van der Waals surface area contributed by atoms with Crippen LogP contribution in [0.2, 0.25) is 0 Å². The zero-order valence-electron chi connectivity index (χ0n) is 5.29. The first-order valence-electron chi connectivity index (χ1n) is 2.63. The van der Waals surface area contributed by atoms with Gasteiger partial charge in [0.2, 0.25) is 0 Å². The first kappa shape index (κ1) is 6.67. The molecular weight excluding hydrogens is 136 g/mol. The molecule has 0 atom stereocenters. The van der Waals surface area contributed by atoms with E-state index in [1.54, 1.807) is 6.92 Å². The molecule has 0 radical (unpaired) electrons. The molecule has 0 aliphatic heterocycles. The number of furan rings is 1. The highest BCUT2D eigenvalue weighted by Gasteiger charge is 2.15. The lowest BCUT2D eigenvalue weighted by Gasteiger charge is -1.86. The molecule has 0 saturated heterocycles. The summed E-state index contributed by atoms with van der Waals surface area (Å²) >= 11 is 0. The smallest absolute Gasteiger partial charge is 0.375 e. The molecule has 0 aromatic carbocycles. The first-order valence-corrected chi connectivity index (χ1v) is 2.63. The van der Waals surface area contributed by atoms with E-state index in [2.05, 4.69) is 4.42 Å². The second-order valence-electron chi connectivity index (χ2n) is 1.90. The Morgan fingerprint density at radius 1 is 1.70 bits per heavy atom. The van der Waals surface area contributed by atoms with E-state index in [0.29, 0.717) is 5.56 Å². The monoisotopic (exact) mass is 142 g/mol. The fourth-order valence-electron chi connectivity index (χ4n) is 0.590. The van der Waals surface area contributed by atoms with Gasteiger partial charge in [0.05, 0.1) is 6.26 Å². The number of hydrogen-bond donors (Lipinski definition) is 2. The largest absolute Gasteiger partial charge is 0.504 e. The predicted molar refractivity (Wildman–Crippen MR) is 32.1 cm³/mol. The number of aromatic carboxylic acids is 1. The van der Waals surface area contributed by atoms with Crippen molar-refractivity contribution in [1.29, 1.82) is 0 Å². The van der Waals surface area contributed by atoms with Gasteiger partial charge >= 0.3 is 5.97 Å². The van der Waals surface area contributed by atoms with Gasteiger partial charge in [-0.1, -0.05) is 0 Å². The standard InChI is InChI=1S/C6H6O4/c1-3-2-10-5(4(3)7)6(8)9/h2,7H,1H3,(H,8,9). The van der Waals surface area contributed by atoms with Crippen molar-refractivity contribution in [3.63, 3.8) is 0 Å². The lowest BCUT2D eigenvalue weighted by atomic mass is 10.3. The molecule has 0 fully saturated rings. The van der Waals surface area contributed by atoms with Crippen LogP contribution in [0.4, 0.5) is 0 Å². The normalized spacial score (nSPS) is 9.70. The molecule has 4 nitrogen and oxygen atoms in total. The number of carboxylic acids is 1. The maximum Gasteiger partial charge on any atom is 0.375 e. The van der Waals surface area contributed by atoms with Crippen molar-refractivity contribution in [2.45, 2.75) is 6.92 Å². The molecule has 0 amide bonds. The molecule has 0 aliphatic carbocycles. The Bertz CT molecular complexity index is 261. The zero-order valence-corrected chi connectivity index (χ0v) is 5.29. The molecule has 1 aromatic heterocycles. The van der Waals surface area contributed by atoms with Crippen molar-refractivity contribution in [1.82, 2.24) is 0 Å². The summed E-state index contributed by atoms with van der Waals surface area (Å²) in [6.07, 6.45) is 1.19. The van der Waals surface area contributed by atoms with E-state index in [1.807, 2.05) is 0 Å². The van der Waals surface area contributed by atoms with Crippen LogP contribution in [0.25, 0.3) is 0 Å². The number of carbonyl (C=O) groups is 1. The van der Waals surface area contributed by atoms with Crippen molar-refractivity contribution >= 4 is 5.97 Å². The molecule has 0 spiro atoms. The average molecular weight is 142 g/mol. The molecule has 54 valence electrons. The van der Waals surface area contributed by atoms with Crippen LogP contribution in [0.1, 0.15) is 16.1 Å². The third-order valence-electron chi connectivity index (χ3n) is 1.14. The maximum atomic E-state index is 10.2. The highest BCUT2D eigenvalue weighted by Crippen LogP contribution is 2.22. The Labute approximate surface area is 56.7 Å². The summed E-state index contributed by atoms with van der Waals surface area (Å²) in [7, 11) is 0. The van der Waals surface area contributed by atoms with Gasteiger partial charge in [-0.05, 0) is 6.92 Å². The van der Waals surface area contributed by atoms with Crippen LogP contribution >= 0.6 is 0 Å². The van der Waals surface area contributed by atoms with Crippen molar-refractivity contribution < 1.29 is 19.4 Å². The first-order chi connectivity index (χ1) is 4.63. The third kappa shape index (κ3) is 0.834. The van der Waals surface area contributed by atoms with Crippen LogP contribution in [0, 0.1) is 6.92 Å².